The Kier molecular flexibility index (Phi) is 5.35. The van der Waals surface area contributed by atoms with Crippen molar-refractivity contribution in [2.45, 2.75) is 13.8 Å². The number of benzene rings is 2. The molecule has 0 saturated carbocycles. The third kappa shape index (κ3) is 4.06. The predicted octanol–water partition coefficient (Wildman–Crippen LogP) is 4.01. The maximum absolute atomic E-state index is 13.2. The van der Waals surface area contributed by atoms with Gasteiger partial charge in [0.2, 0.25) is 0 Å². The zero-order chi connectivity index (χ0) is 19.4. The number of rotatable bonds is 5. The number of hydrazone groups is 1. The maximum Gasteiger partial charge on any atom is 0.273 e. The summed E-state index contributed by atoms with van der Waals surface area (Å²) in [7, 11) is 1.59. The molecule has 0 aliphatic rings. The van der Waals surface area contributed by atoms with Crippen LogP contribution in [0.2, 0.25) is 0 Å². The number of ether oxygens (including phenoxy) is 1. The van der Waals surface area contributed by atoms with Gasteiger partial charge in [-0.05, 0) is 61.9 Å². The van der Waals surface area contributed by atoms with E-state index in [0.717, 1.165) is 22.6 Å². The molecule has 1 amide bonds. The quantitative estimate of drug-likeness (QED) is 0.549. The average Bonchev–Trinajstić information content (AvgIpc) is 2.97. The zero-order valence-corrected chi connectivity index (χ0v) is 15.4. The molecule has 3 rings (SSSR count). The first-order valence-electron chi connectivity index (χ1n) is 8.42. The largest absolute Gasteiger partial charge is 0.497 e. The Morgan fingerprint density at radius 3 is 2.59 bits per heavy atom. The third-order valence-electron chi connectivity index (χ3n) is 4.23. The third-order valence-corrected chi connectivity index (χ3v) is 4.23. The van der Waals surface area contributed by atoms with E-state index in [4.69, 9.17) is 4.74 Å². The lowest BCUT2D eigenvalue weighted by atomic mass is 10.2. The van der Waals surface area contributed by atoms with Crippen LogP contribution in [-0.2, 0) is 0 Å². The van der Waals surface area contributed by atoms with Crippen LogP contribution in [0.5, 0.6) is 5.75 Å². The molecule has 1 heterocycles. The van der Waals surface area contributed by atoms with Crippen LogP contribution in [-0.4, -0.2) is 23.8 Å². The van der Waals surface area contributed by atoms with Gasteiger partial charge in [-0.25, -0.2) is 9.82 Å². The van der Waals surface area contributed by atoms with Gasteiger partial charge in [0.1, 0.15) is 11.6 Å². The lowest BCUT2D eigenvalue weighted by Crippen LogP contribution is -2.18. The lowest BCUT2D eigenvalue weighted by Gasteiger charge is -2.09. The van der Waals surface area contributed by atoms with Crippen molar-refractivity contribution in [3.63, 3.8) is 0 Å². The van der Waals surface area contributed by atoms with Gasteiger partial charge in [0, 0.05) is 17.1 Å². The topological polar surface area (TPSA) is 55.6 Å². The number of methoxy groups -OCH3 is 1. The lowest BCUT2D eigenvalue weighted by molar-refractivity contribution is 0.0954. The number of aryl methyl sites for hydroxylation is 1. The molecule has 5 nitrogen and oxygen atoms in total. The summed E-state index contributed by atoms with van der Waals surface area (Å²) in [5, 5.41) is 4.02. The molecule has 0 fully saturated rings. The van der Waals surface area contributed by atoms with Gasteiger partial charge < -0.3 is 9.30 Å². The number of hydrogen-bond donors (Lipinski definition) is 1. The van der Waals surface area contributed by atoms with E-state index in [1.807, 2.05) is 42.7 Å². The Hall–Kier alpha value is -3.41. The number of aromatic nitrogens is 1. The van der Waals surface area contributed by atoms with Crippen LogP contribution in [0.25, 0.3) is 5.69 Å². The van der Waals surface area contributed by atoms with Gasteiger partial charge in [-0.15, -0.1) is 0 Å². The van der Waals surface area contributed by atoms with Crippen LogP contribution in [0.1, 0.15) is 27.3 Å². The molecule has 1 N–H and O–H groups in total. The molecule has 0 aliphatic carbocycles. The molecule has 2 aromatic carbocycles. The van der Waals surface area contributed by atoms with E-state index in [9.17, 15) is 9.18 Å². The van der Waals surface area contributed by atoms with E-state index < -0.39 is 0 Å². The van der Waals surface area contributed by atoms with Crippen molar-refractivity contribution in [2.75, 3.05) is 7.11 Å². The van der Waals surface area contributed by atoms with Crippen molar-refractivity contribution in [3.8, 4) is 11.4 Å². The van der Waals surface area contributed by atoms with Gasteiger partial charge in [-0.3, -0.25) is 4.79 Å². The van der Waals surface area contributed by atoms with Crippen LogP contribution in [0.15, 0.2) is 59.7 Å². The van der Waals surface area contributed by atoms with Crippen LogP contribution in [0.3, 0.4) is 0 Å². The Balaban J connectivity index is 1.78. The molecule has 0 saturated heterocycles. The summed E-state index contributed by atoms with van der Waals surface area (Å²) < 4.78 is 20.2. The molecule has 0 radical (unpaired) electrons. The summed E-state index contributed by atoms with van der Waals surface area (Å²) in [6.45, 7) is 3.74. The summed E-state index contributed by atoms with van der Waals surface area (Å²) >= 11 is 0. The van der Waals surface area contributed by atoms with Crippen LogP contribution in [0.4, 0.5) is 4.39 Å². The first-order valence-corrected chi connectivity index (χ1v) is 8.42. The summed E-state index contributed by atoms with van der Waals surface area (Å²) in [6.07, 6.45) is 1.56. The minimum atomic E-state index is -0.310. The molecule has 3 aromatic rings. The molecule has 0 aliphatic heterocycles. The van der Waals surface area contributed by atoms with E-state index in [-0.39, 0.29) is 11.7 Å². The highest BCUT2D eigenvalue weighted by Crippen LogP contribution is 2.21. The fraction of sp³-hybridized carbons (Fsp3) is 0.143. The van der Waals surface area contributed by atoms with E-state index in [1.54, 1.807) is 31.5 Å². The number of carbonyl (C=O) groups is 1. The van der Waals surface area contributed by atoms with E-state index in [2.05, 4.69) is 10.5 Å². The number of carbonyl (C=O) groups excluding carboxylic acids is 1. The van der Waals surface area contributed by atoms with Crippen LogP contribution < -0.4 is 10.2 Å². The predicted molar refractivity (Wildman–Crippen MR) is 103 cm³/mol. The smallest absolute Gasteiger partial charge is 0.273 e. The molecule has 138 valence electrons. The molecule has 0 atom stereocenters. The first kappa shape index (κ1) is 18.4. The number of halogens is 1. The monoisotopic (exact) mass is 365 g/mol. The second kappa shape index (κ2) is 7.86. The van der Waals surface area contributed by atoms with Crippen LogP contribution >= 0.6 is 0 Å². The summed E-state index contributed by atoms with van der Waals surface area (Å²) in [5.74, 6) is 0.106. The van der Waals surface area contributed by atoms with Crippen molar-refractivity contribution >= 4 is 12.1 Å². The number of amides is 1. The fourth-order valence-corrected chi connectivity index (χ4v) is 2.93. The number of nitrogens with zero attached hydrogens (tertiary/aromatic N) is 2. The highest BCUT2D eigenvalue weighted by Gasteiger charge is 2.16. The van der Waals surface area contributed by atoms with Gasteiger partial charge >= 0.3 is 0 Å². The number of hydrogen-bond acceptors (Lipinski definition) is 3. The molecule has 27 heavy (non-hydrogen) atoms. The molecule has 1 aromatic heterocycles. The highest BCUT2D eigenvalue weighted by molar-refractivity contribution is 5.96. The Bertz CT molecular complexity index is 991. The molecular formula is C21H20FN3O2. The molecule has 0 spiro atoms. The summed E-state index contributed by atoms with van der Waals surface area (Å²) in [5.41, 5.74) is 6.30. The molecule has 6 heteroatoms. The zero-order valence-electron chi connectivity index (χ0n) is 15.4. The second-order valence-electron chi connectivity index (χ2n) is 6.07. The van der Waals surface area contributed by atoms with E-state index in [0.29, 0.717) is 11.3 Å². The normalized spacial score (nSPS) is 11.0. The fourth-order valence-electron chi connectivity index (χ4n) is 2.93. The van der Waals surface area contributed by atoms with Crippen molar-refractivity contribution in [1.82, 2.24) is 9.99 Å². The molecule has 0 unspecified atom stereocenters. The summed E-state index contributed by atoms with van der Waals surface area (Å²) in [4.78, 5) is 12.5. The minimum Gasteiger partial charge on any atom is -0.497 e. The van der Waals surface area contributed by atoms with E-state index in [1.165, 1.54) is 12.1 Å². The van der Waals surface area contributed by atoms with Gasteiger partial charge in [0.25, 0.3) is 5.91 Å². The Morgan fingerprint density at radius 1 is 1.15 bits per heavy atom. The minimum absolute atomic E-state index is 0.300. The molecule has 0 bridgehead atoms. The van der Waals surface area contributed by atoms with Gasteiger partial charge in [-0.1, -0.05) is 12.1 Å². The van der Waals surface area contributed by atoms with Crippen molar-refractivity contribution in [3.05, 3.63) is 82.9 Å². The van der Waals surface area contributed by atoms with Crippen molar-refractivity contribution in [1.29, 1.82) is 0 Å². The van der Waals surface area contributed by atoms with Crippen LogP contribution in [0, 0.1) is 19.7 Å². The van der Waals surface area contributed by atoms with Gasteiger partial charge in [0.15, 0.2) is 0 Å². The van der Waals surface area contributed by atoms with Gasteiger partial charge in [-0.2, -0.15) is 5.10 Å². The summed E-state index contributed by atoms with van der Waals surface area (Å²) in [6, 6.07) is 15.3. The molecular weight excluding hydrogens is 345 g/mol. The SMILES string of the molecule is COc1cccc(C=NNC(=O)c2cc(C)n(-c3ccc(F)cc3)c2C)c1. The Labute approximate surface area is 157 Å². The second-order valence-corrected chi connectivity index (χ2v) is 6.07. The maximum atomic E-state index is 13.2. The van der Waals surface area contributed by atoms with E-state index >= 15 is 0 Å². The van der Waals surface area contributed by atoms with Gasteiger partial charge in [0.05, 0.1) is 18.9 Å². The van der Waals surface area contributed by atoms with Crippen molar-refractivity contribution < 1.29 is 13.9 Å². The van der Waals surface area contributed by atoms with Crippen molar-refractivity contribution in [2.24, 2.45) is 5.10 Å². The first-order chi connectivity index (χ1) is 13.0. The number of nitrogens with one attached hydrogen (secondary N) is 1. The Morgan fingerprint density at radius 2 is 1.89 bits per heavy atom. The average molecular weight is 365 g/mol. The highest BCUT2D eigenvalue weighted by atomic mass is 19.1. The standard InChI is InChI=1S/C21H20FN3O2/c1-14-11-20(15(2)25(14)18-9-7-17(22)8-10-18)21(26)24-23-13-16-5-4-6-19(12-16)27-3/h4-13H,1-3H3,(H,24,26).